The maximum Gasteiger partial charge on any atom is 0.455 e. The van der Waals surface area contributed by atoms with Crippen molar-refractivity contribution < 1.29 is 28.8 Å². The average molecular weight is 692 g/mol. The first kappa shape index (κ1) is 36.0. The van der Waals surface area contributed by atoms with E-state index in [4.69, 9.17) is 9.08 Å². The molecule has 3 aromatic carbocycles. The van der Waals surface area contributed by atoms with Crippen molar-refractivity contribution in [3.8, 4) is 5.75 Å². The number of carbonyl (C=O) groups is 2. The van der Waals surface area contributed by atoms with Gasteiger partial charge in [0.25, 0.3) is 8.32 Å². The van der Waals surface area contributed by atoms with E-state index in [9.17, 15) is 19.7 Å². The number of hydrogen-bond acceptors (Lipinski definition) is 6. The molecule has 2 amide bonds. The third-order valence-electron chi connectivity index (χ3n) is 10.8. The first-order valence-electron chi connectivity index (χ1n) is 18.1. The Morgan fingerprint density at radius 2 is 1.58 bits per heavy atom. The summed E-state index contributed by atoms with van der Waals surface area (Å²) in [7, 11) is -3.94. The topological polar surface area (TPSA) is 96.3 Å². The normalized spacial score (nSPS) is 23.0. The van der Waals surface area contributed by atoms with Gasteiger partial charge in [0.1, 0.15) is 5.75 Å². The summed E-state index contributed by atoms with van der Waals surface area (Å²) in [5.74, 6) is -1.28. The highest BCUT2D eigenvalue weighted by Crippen LogP contribution is 2.51. The molecule has 6 rings (SSSR count). The minimum absolute atomic E-state index is 0.103. The van der Waals surface area contributed by atoms with Crippen molar-refractivity contribution in [2.24, 2.45) is 17.8 Å². The van der Waals surface area contributed by atoms with Gasteiger partial charge in [-0.2, -0.15) is 0 Å². The van der Waals surface area contributed by atoms with E-state index in [1.54, 1.807) is 12.1 Å². The first-order chi connectivity index (χ1) is 23.9. The van der Waals surface area contributed by atoms with Crippen molar-refractivity contribution in [2.45, 2.75) is 77.8 Å². The minimum atomic E-state index is -2.91. The summed E-state index contributed by atoms with van der Waals surface area (Å²) in [6.45, 7) is 11.5. The number of amides is 2. The molecule has 2 heterocycles. The molecule has 0 aromatic heterocycles. The van der Waals surface area contributed by atoms with E-state index in [1.165, 1.54) is 15.3 Å². The van der Waals surface area contributed by atoms with Crippen LogP contribution in [0.3, 0.4) is 0 Å². The quantitative estimate of drug-likeness (QED) is 0.138. The third kappa shape index (κ3) is 6.93. The zero-order chi connectivity index (χ0) is 35.6. The molecular formula is C41H50BNO6Si. The fourth-order valence-corrected chi connectivity index (χ4v) is 13.2. The number of phenolic OH excluding ortho intramolecular Hbond substituents is 1. The summed E-state index contributed by atoms with van der Waals surface area (Å²) in [4.78, 5) is 29.3. The number of benzene rings is 3. The number of carbonyl (C=O) groups excluding carboxylic acids is 2. The fourth-order valence-electron chi connectivity index (χ4n) is 8.65. The van der Waals surface area contributed by atoms with Gasteiger partial charge >= 0.3 is 7.12 Å². The summed E-state index contributed by atoms with van der Waals surface area (Å²) >= 11 is 0. The Labute approximate surface area is 298 Å². The van der Waals surface area contributed by atoms with E-state index in [1.807, 2.05) is 31.2 Å². The van der Waals surface area contributed by atoms with Crippen LogP contribution in [0.5, 0.6) is 5.75 Å². The predicted octanol–water partition coefficient (Wildman–Crippen LogP) is 6.36. The summed E-state index contributed by atoms with van der Waals surface area (Å²) in [6, 6.07) is 28.2. The molecule has 9 heteroatoms. The number of phenols is 1. The van der Waals surface area contributed by atoms with Crippen LogP contribution in [-0.4, -0.2) is 61.5 Å². The third-order valence-corrected chi connectivity index (χ3v) is 15.8. The molecule has 0 spiro atoms. The largest absolute Gasteiger partial charge is 0.508 e. The second kappa shape index (κ2) is 14.8. The van der Waals surface area contributed by atoms with Crippen LogP contribution in [0.25, 0.3) is 6.08 Å². The first-order valence-corrected chi connectivity index (χ1v) is 20.0. The van der Waals surface area contributed by atoms with Gasteiger partial charge in [0.2, 0.25) is 11.8 Å². The average Bonchev–Trinajstić information content (AvgIpc) is 3.33. The van der Waals surface area contributed by atoms with Gasteiger partial charge < -0.3 is 19.2 Å². The Morgan fingerprint density at radius 3 is 2.16 bits per heavy atom. The lowest BCUT2D eigenvalue weighted by atomic mass is 9.58. The predicted molar refractivity (Wildman–Crippen MR) is 201 cm³/mol. The lowest BCUT2D eigenvalue weighted by molar-refractivity contribution is -0.140. The molecule has 0 saturated carbocycles. The van der Waals surface area contributed by atoms with Crippen LogP contribution < -0.4 is 10.4 Å². The summed E-state index contributed by atoms with van der Waals surface area (Å²) in [6.07, 6.45) is 4.41. The molecule has 4 atom stereocenters. The van der Waals surface area contributed by atoms with Crippen LogP contribution in [0.4, 0.5) is 0 Å². The second-order valence-corrected chi connectivity index (χ2v) is 19.5. The molecule has 0 bridgehead atoms. The van der Waals surface area contributed by atoms with Gasteiger partial charge in [-0.05, 0) is 89.1 Å². The standard InChI is InChI=1S/C41H50BNO6Si/c1-6-23-43-39(45)34-25-30(27-48-50(41(3,4)5,32-13-9-7-10-14-32)33-15-11-8-12-16-33)37-35(38(34)40(43)46)26-42(47)49-36(37)22-17-28(2)24-29-18-20-31(44)21-19-29/h7-16,18-21,24,34-36,38,44,47H,6,17,22-23,25-27H2,1-5H3/b28-24+/t34-,35+,36-,38-/m1/s1. The molecule has 3 aromatic rings. The van der Waals surface area contributed by atoms with Gasteiger partial charge in [-0.1, -0.05) is 112 Å². The second-order valence-electron chi connectivity index (χ2n) is 15.2. The van der Waals surface area contributed by atoms with Crippen LogP contribution in [-0.2, 0) is 18.7 Å². The van der Waals surface area contributed by atoms with Crippen LogP contribution in [0.2, 0.25) is 11.4 Å². The molecule has 50 heavy (non-hydrogen) atoms. The van der Waals surface area contributed by atoms with Crippen LogP contribution in [0, 0.1) is 17.8 Å². The highest BCUT2D eigenvalue weighted by molar-refractivity contribution is 6.99. The number of imide groups is 1. The van der Waals surface area contributed by atoms with Crippen molar-refractivity contribution in [1.29, 1.82) is 0 Å². The number of likely N-dealkylation sites (tertiary alicyclic amines) is 1. The number of rotatable bonds is 11. The molecule has 0 radical (unpaired) electrons. The molecule has 1 aliphatic carbocycles. The molecular weight excluding hydrogens is 641 g/mol. The number of nitrogens with zero attached hydrogens (tertiary/aromatic N) is 1. The minimum Gasteiger partial charge on any atom is -0.508 e. The van der Waals surface area contributed by atoms with E-state index in [2.05, 4.69) is 82.3 Å². The lowest BCUT2D eigenvalue weighted by Gasteiger charge is -2.46. The van der Waals surface area contributed by atoms with Gasteiger partial charge in [-0.25, -0.2) is 0 Å². The van der Waals surface area contributed by atoms with Crippen molar-refractivity contribution in [3.63, 3.8) is 0 Å². The molecule has 3 aliphatic rings. The van der Waals surface area contributed by atoms with Crippen LogP contribution in [0.1, 0.15) is 65.9 Å². The highest BCUT2D eigenvalue weighted by Gasteiger charge is 2.58. The maximum atomic E-state index is 13.9. The van der Waals surface area contributed by atoms with Crippen molar-refractivity contribution >= 4 is 43.7 Å². The Morgan fingerprint density at radius 1 is 0.960 bits per heavy atom. The van der Waals surface area contributed by atoms with Gasteiger partial charge in [0, 0.05) is 6.54 Å². The summed E-state index contributed by atoms with van der Waals surface area (Å²) in [5, 5.41) is 23.0. The summed E-state index contributed by atoms with van der Waals surface area (Å²) in [5.41, 5.74) is 4.19. The maximum absolute atomic E-state index is 13.9. The molecule has 7 nitrogen and oxygen atoms in total. The smallest absolute Gasteiger partial charge is 0.455 e. The van der Waals surface area contributed by atoms with Gasteiger partial charge in [-0.3, -0.25) is 14.5 Å². The van der Waals surface area contributed by atoms with Crippen molar-refractivity contribution in [1.82, 2.24) is 4.90 Å². The van der Waals surface area contributed by atoms with E-state index < -0.39 is 33.4 Å². The number of aromatic hydroxyl groups is 1. The zero-order valence-corrected chi connectivity index (χ0v) is 31.0. The van der Waals surface area contributed by atoms with E-state index >= 15 is 0 Å². The molecule has 2 N–H and O–H groups in total. The highest BCUT2D eigenvalue weighted by atomic mass is 28.4. The fraction of sp³-hybridized carbons (Fsp3) is 0.415. The summed E-state index contributed by atoms with van der Waals surface area (Å²) < 4.78 is 13.8. The monoisotopic (exact) mass is 691 g/mol. The number of allylic oxidation sites excluding steroid dienone is 1. The molecule has 2 fully saturated rings. The van der Waals surface area contributed by atoms with E-state index in [-0.39, 0.29) is 34.8 Å². The Kier molecular flexibility index (Phi) is 10.7. The lowest BCUT2D eigenvalue weighted by Crippen LogP contribution is -2.66. The Hall–Kier alpha value is -3.76. The van der Waals surface area contributed by atoms with Crippen LogP contribution in [0.15, 0.2) is 102 Å². The molecule has 262 valence electrons. The van der Waals surface area contributed by atoms with Crippen LogP contribution >= 0.6 is 0 Å². The Bertz CT molecular complexity index is 1700. The van der Waals surface area contributed by atoms with Gasteiger partial charge in [0.05, 0.1) is 24.5 Å². The SMILES string of the molecule is CCCN1C(=O)[C@@H]2[C@@H](CC(CO[Si](c3ccccc3)(c3ccccc3)C(C)(C)C)=C3[C@@H](CC/C(C)=C/c4ccc(O)cc4)OB(O)C[C@@H]32)C1=O. The van der Waals surface area contributed by atoms with E-state index in [0.717, 1.165) is 22.3 Å². The molecule has 2 saturated heterocycles. The van der Waals surface area contributed by atoms with Gasteiger partial charge in [0.15, 0.2) is 0 Å². The Balaban J connectivity index is 1.41. The van der Waals surface area contributed by atoms with Crippen molar-refractivity contribution in [3.05, 3.63) is 107 Å². The number of fused-ring (bicyclic) bond motifs is 3. The zero-order valence-electron chi connectivity index (χ0n) is 30.0. The van der Waals surface area contributed by atoms with Gasteiger partial charge in [-0.15, -0.1) is 0 Å². The van der Waals surface area contributed by atoms with Crippen molar-refractivity contribution in [2.75, 3.05) is 13.2 Å². The molecule has 2 aliphatic heterocycles. The van der Waals surface area contributed by atoms with E-state index in [0.29, 0.717) is 38.8 Å². The molecule has 0 unspecified atom stereocenters. The number of hydrogen-bond donors (Lipinski definition) is 2.